The number of carboxylic acids is 1. The summed E-state index contributed by atoms with van der Waals surface area (Å²) in [5.74, 6) is -2.83. The summed E-state index contributed by atoms with van der Waals surface area (Å²) in [4.78, 5) is 24.0. The van der Waals surface area contributed by atoms with E-state index in [2.05, 4.69) is 21.2 Å². The molecule has 198 valence electrons. The number of rotatable bonds is 6. The van der Waals surface area contributed by atoms with E-state index in [0.717, 1.165) is 30.2 Å². The Balaban J connectivity index is 0.000000540. The van der Waals surface area contributed by atoms with Crippen molar-refractivity contribution in [2.24, 2.45) is 0 Å². The van der Waals surface area contributed by atoms with Gasteiger partial charge in [0.15, 0.2) is 0 Å². The van der Waals surface area contributed by atoms with Crippen molar-refractivity contribution in [1.82, 2.24) is 14.5 Å². The molecule has 1 saturated carbocycles. The van der Waals surface area contributed by atoms with Crippen LogP contribution in [0.5, 0.6) is 0 Å². The molecule has 1 aromatic carbocycles. The number of halogens is 4. The van der Waals surface area contributed by atoms with Crippen LogP contribution in [0.1, 0.15) is 48.9 Å². The number of amides is 1. The third-order valence-electron chi connectivity index (χ3n) is 5.92. The van der Waals surface area contributed by atoms with Crippen molar-refractivity contribution in [3.05, 3.63) is 34.3 Å². The van der Waals surface area contributed by atoms with E-state index >= 15 is 0 Å². The number of carboxylic acid groups (broad SMARTS) is 1. The largest absolute Gasteiger partial charge is 0.490 e. The standard InChI is InChI=1S/C20H30BrN3O3S.C2HF3O2/c21-18-9-7-17(8-10-18)20(25)24(19-5-3-1-2-4-6-19)15-16-28(26,27)23-13-11-22-12-14-23;3-2(4,5)1(6)7/h7-10,19,22H,1-6,11-16H2;(H,6,7). The highest BCUT2D eigenvalue weighted by Crippen LogP contribution is 2.24. The van der Waals surface area contributed by atoms with Gasteiger partial charge in [-0.05, 0) is 37.1 Å². The quantitative estimate of drug-likeness (QED) is 0.495. The summed E-state index contributed by atoms with van der Waals surface area (Å²) in [7, 11) is -3.36. The Morgan fingerprint density at radius 1 is 1.06 bits per heavy atom. The van der Waals surface area contributed by atoms with Crippen molar-refractivity contribution in [2.75, 3.05) is 38.5 Å². The molecule has 0 unspecified atom stereocenters. The first-order valence-electron chi connectivity index (χ1n) is 11.5. The number of alkyl halides is 3. The molecular weight excluding hydrogens is 555 g/mol. The number of hydrogen-bond acceptors (Lipinski definition) is 5. The van der Waals surface area contributed by atoms with Crippen LogP contribution in [-0.2, 0) is 14.8 Å². The SMILES string of the molecule is O=C(O)C(F)(F)F.O=C(c1ccc(Br)cc1)N(CCS(=O)(=O)N1CCNCC1)C1CCCCCC1. The normalized spacial score (nSPS) is 18.2. The van der Waals surface area contributed by atoms with Gasteiger partial charge in [-0.15, -0.1) is 0 Å². The topological polar surface area (TPSA) is 107 Å². The molecule has 0 aromatic heterocycles. The van der Waals surface area contributed by atoms with Crippen LogP contribution in [0.15, 0.2) is 28.7 Å². The van der Waals surface area contributed by atoms with Gasteiger partial charge in [0.1, 0.15) is 0 Å². The minimum atomic E-state index is -5.08. The Labute approximate surface area is 212 Å². The van der Waals surface area contributed by atoms with E-state index in [0.29, 0.717) is 31.7 Å². The van der Waals surface area contributed by atoms with Gasteiger partial charge in [-0.1, -0.05) is 41.6 Å². The number of carbonyl (C=O) groups is 2. The maximum Gasteiger partial charge on any atom is 0.490 e. The lowest BCUT2D eigenvalue weighted by Crippen LogP contribution is -2.49. The maximum atomic E-state index is 13.3. The molecule has 35 heavy (non-hydrogen) atoms. The van der Waals surface area contributed by atoms with Crippen LogP contribution in [-0.4, -0.2) is 85.3 Å². The first-order chi connectivity index (χ1) is 16.4. The van der Waals surface area contributed by atoms with Crippen LogP contribution in [0.3, 0.4) is 0 Å². The van der Waals surface area contributed by atoms with Crippen LogP contribution in [0.2, 0.25) is 0 Å². The van der Waals surface area contributed by atoms with Crippen molar-refractivity contribution in [1.29, 1.82) is 0 Å². The molecule has 13 heteroatoms. The predicted molar refractivity (Wildman–Crippen MR) is 129 cm³/mol. The Morgan fingerprint density at radius 2 is 1.57 bits per heavy atom. The third kappa shape index (κ3) is 9.70. The fraction of sp³-hybridized carbons (Fsp3) is 0.636. The second-order valence-electron chi connectivity index (χ2n) is 8.42. The first-order valence-corrected chi connectivity index (χ1v) is 13.9. The molecule has 0 bridgehead atoms. The lowest BCUT2D eigenvalue weighted by atomic mass is 10.1. The van der Waals surface area contributed by atoms with Crippen molar-refractivity contribution < 1.29 is 36.3 Å². The van der Waals surface area contributed by atoms with E-state index in [4.69, 9.17) is 9.90 Å². The molecule has 1 aromatic rings. The number of benzene rings is 1. The number of nitrogens with zero attached hydrogens (tertiary/aromatic N) is 2. The smallest absolute Gasteiger partial charge is 0.475 e. The maximum absolute atomic E-state index is 13.3. The van der Waals surface area contributed by atoms with Crippen LogP contribution >= 0.6 is 15.9 Å². The first kappa shape index (κ1) is 29.5. The van der Waals surface area contributed by atoms with Gasteiger partial charge in [0.05, 0.1) is 5.75 Å². The van der Waals surface area contributed by atoms with E-state index in [1.54, 1.807) is 16.4 Å². The molecule has 1 amide bonds. The summed E-state index contributed by atoms with van der Waals surface area (Å²) < 4.78 is 59.8. The molecule has 0 spiro atoms. The van der Waals surface area contributed by atoms with E-state index in [1.807, 2.05) is 17.0 Å². The molecule has 2 N–H and O–H groups in total. The van der Waals surface area contributed by atoms with Crippen molar-refractivity contribution in [3.8, 4) is 0 Å². The fourth-order valence-corrected chi connectivity index (χ4v) is 5.73. The highest BCUT2D eigenvalue weighted by atomic mass is 79.9. The number of carbonyl (C=O) groups excluding carboxylic acids is 1. The minimum Gasteiger partial charge on any atom is -0.475 e. The molecule has 0 atom stereocenters. The fourth-order valence-electron chi connectivity index (χ4n) is 4.04. The zero-order valence-electron chi connectivity index (χ0n) is 19.3. The van der Waals surface area contributed by atoms with Crippen LogP contribution in [0.25, 0.3) is 0 Å². The Morgan fingerprint density at radius 3 is 2.06 bits per heavy atom. The number of sulfonamides is 1. The Hall–Kier alpha value is -1.70. The zero-order valence-corrected chi connectivity index (χ0v) is 21.7. The van der Waals surface area contributed by atoms with Crippen molar-refractivity contribution in [3.63, 3.8) is 0 Å². The van der Waals surface area contributed by atoms with Gasteiger partial charge in [-0.25, -0.2) is 13.2 Å². The summed E-state index contributed by atoms with van der Waals surface area (Å²) in [6, 6.07) is 7.45. The molecule has 8 nitrogen and oxygen atoms in total. The predicted octanol–water partition coefficient (Wildman–Crippen LogP) is 3.48. The molecular formula is C22H31BrF3N3O5S. The molecule has 2 fully saturated rings. The summed E-state index contributed by atoms with van der Waals surface area (Å²) in [6.45, 7) is 2.64. The number of aliphatic carboxylic acids is 1. The molecule has 1 heterocycles. The summed E-state index contributed by atoms with van der Waals surface area (Å²) in [5, 5.41) is 10.3. The summed E-state index contributed by atoms with van der Waals surface area (Å²) in [6.07, 6.45) is 1.40. The highest BCUT2D eigenvalue weighted by molar-refractivity contribution is 9.10. The highest BCUT2D eigenvalue weighted by Gasteiger charge is 2.38. The number of hydrogen-bond donors (Lipinski definition) is 2. The van der Waals surface area contributed by atoms with Crippen LogP contribution in [0, 0.1) is 0 Å². The average molecular weight is 586 g/mol. The van der Waals surface area contributed by atoms with Gasteiger partial charge in [0.25, 0.3) is 5.91 Å². The second kappa shape index (κ2) is 13.6. The Kier molecular flexibility index (Phi) is 11.4. The van der Waals surface area contributed by atoms with Gasteiger partial charge in [0, 0.05) is 48.8 Å². The van der Waals surface area contributed by atoms with Crippen LogP contribution in [0.4, 0.5) is 13.2 Å². The average Bonchev–Trinajstić information content (AvgIpc) is 3.09. The van der Waals surface area contributed by atoms with Gasteiger partial charge in [-0.2, -0.15) is 17.5 Å². The van der Waals surface area contributed by atoms with Gasteiger partial charge < -0.3 is 15.3 Å². The molecule has 1 aliphatic heterocycles. The van der Waals surface area contributed by atoms with E-state index < -0.39 is 22.2 Å². The summed E-state index contributed by atoms with van der Waals surface area (Å²) in [5.41, 5.74) is 0.618. The Bertz CT molecular complexity index is 931. The summed E-state index contributed by atoms with van der Waals surface area (Å²) >= 11 is 3.40. The van der Waals surface area contributed by atoms with Crippen LogP contribution < -0.4 is 5.32 Å². The molecule has 3 rings (SSSR count). The monoisotopic (exact) mass is 585 g/mol. The lowest BCUT2D eigenvalue weighted by Gasteiger charge is -2.33. The zero-order chi connectivity index (χ0) is 26.1. The molecule has 1 saturated heterocycles. The van der Waals surface area contributed by atoms with Gasteiger partial charge >= 0.3 is 12.1 Å². The van der Waals surface area contributed by atoms with E-state index in [-0.39, 0.29) is 24.2 Å². The van der Waals surface area contributed by atoms with Crippen molar-refractivity contribution >= 4 is 37.8 Å². The number of piperazine rings is 1. The van der Waals surface area contributed by atoms with Gasteiger partial charge in [-0.3, -0.25) is 4.79 Å². The van der Waals surface area contributed by atoms with E-state index in [9.17, 15) is 26.4 Å². The molecule has 0 radical (unpaired) electrons. The second-order valence-corrected chi connectivity index (χ2v) is 11.4. The van der Waals surface area contributed by atoms with Crippen molar-refractivity contribution in [2.45, 2.75) is 50.7 Å². The molecule has 1 aliphatic carbocycles. The number of nitrogens with one attached hydrogen (secondary N) is 1. The van der Waals surface area contributed by atoms with Gasteiger partial charge in [0.2, 0.25) is 10.0 Å². The lowest BCUT2D eigenvalue weighted by molar-refractivity contribution is -0.192. The van der Waals surface area contributed by atoms with E-state index in [1.165, 1.54) is 12.8 Å². The molecule has 2 aliphatic rings. The minimum absolute atomic E-state index is 0.00817. The third-order valence-corrected chi connectivity index (χ3v) is 8.30.